The maximum absolute atomic E-state index is 13.2. The molecule has 2 rings (SSSR count). The van der Waals surface area contributed by atoms with Gasteiger partial charge in [-0.05, 0) is 29.3 Å². The Morgan fingerprint density at radius 3 is 2.67 bits per heavy atom. The number of halogens is 1. The van der Waals surface area contributed by atoms with E-state index in [9.17, 15) is 9.18 Å². The van der Waals surface area contributed by atoms with Crippen molar-refractivity contribution >= 4 is 23.4 Å². The van der Waals surface area contributed by atoms with Crippen molar-refractivity contribution in [3.63, 3.8) is 0 Å². The van der Waals surface area contributed by atoms with Crippen LogP contribution in [0.5, 0.6) is 0 Å². The summed E-state index contributed by atoms with van der Waals surface area (Å²) in [5.41, 5.74) is 8.30. The highest BCUT2D eigenvalue weighted by Gasteiger charge is 2.09. The number of anilines is 1. The lowest BCUT2D eigenvalue weighted by atomic mass is 10.1. The number of thioether (sulfide) groups is 1. The molecule has 0 atom stereocenters. The van der Waals surface area contributed by atoms with Crippen molar-refractivity contribution in [2.75, 3.05) is 12.8 Å². The molecule has 0 bridgehead atoms. The highest BCUT2D eigenvalue weighted by atomic mass is 32.2. The summed E-state index contributed by atoms with van der Waals surface area (Å²) in [6.45, 7) is 0. The zero-order valence-corrected chi connectivity index (χ0v) is 12.5. The second-order valence-corrected chi connectivity index (χ2v) is 5.51. The maximum Gasteiger partial charge on any atom is 0.309 e. The Morgan fingerprint density at radius 1 is 1.24 bits per heavy atom. The average Bonchev–Trinajstić information content (AvgIpc) is 2.49. The molecule has 2 aromatic carbocycles. The monoisotopic (exact) mass is 305 g/mol. The molecule has 3 nitrogen and oxygen atoms in total. The van der Waals surface area contributed by atoms with Crippen LogP contribution in [0, 0.1) is 5.82 Å². The Kier molecular flexibility index (Phi) is 5.22. The molecule has 0 aliphatic carbocycles. The number of carbonyl (C=O) groups is 1. The van der Waals surface area contributed by atoms with E-state index in [1.54, 1.807) is 6.07 Å². The van der Waals surface area contributed by atoms with Crippen molar-refractivity contribution in [3.05, 3.63) is 59.4 Å². The Morgan fingerprint density at radius 2 is 1.95 bits per heavy atom. The summed E-state index contributed by atoms with van der Waals surface area (Å²) in [6.07, 6.45) is 0.228. The van der Waals surface area contributed by atoms with Gasteiger partial charge in [0.25, 0.3) is 0 Å². The molecule has 2 aromatic rings. The summed E-state index contributed by atoms with van der Waals surface area (Å²) in [7, 11) is 1.37. The van der Waals surface area contributed by atoms with Gasteiger partial charge in [-0.2, -0.15) is 0 Å². The lowest BCUT2D eigenvalue weighted by molar-refractivity contribution is -0.139. The number of nitrogens with two attached hydrogens (primary N) is 1. The van der Waals surface area contributed by atoms with Gasteiger partial charge in [0.15, 0.2) is 0 Å². The lowest BCUT2D eigenvalue weighted by Gasteiger charge is -2.10. The molecular formula is C16H16FNO2S. The van der Waals surface area contributed by atoms with Crippen LogP contribution in [0.3, 0.4) is 0 Å². The van der Waals surface area contributed by atoms with Crippen LogP contribution in [0.4, 0.5) is 10.1 Å². The average molecular weight is 305 g/mol. The lowest BCUT2D eigenvalue weighted by Crippen LogP contribution is -2.06. The number of carbonyl (C=O) groups excluding carboxylic acids is 1. The number of esters is 1. The van der Waals surface area contributed by atoms with E-state index in [0.717, 1.165) is 11.1 Å². The summed E-state index contributed by atoms with van der Waals surface area (Å²) in [5, 5.41) is 0. The van der Waals surface area contributed by atoms with E-state index in [2.05, 4.69) is 0 Å². The van der Waals surface area contributed by atoms with Gasteiger partial charge in [0, 0.05) is 16.3 Å². The quantitative estimate of drug-likeness (QED) is 0.522. The molecule has 2 N–H and O–H groups in total. The van der Waals surface area contributed by atoms with Crippen LogP contribution in [0.1, 0.15) is 11.1 Å². The first kappa shape index (κ1) is 15.4. The third-order valence-corrected chi connectivity index (χ3v) is 4.16. The minimum absolute atomic E-state index is 0.228. The number of rotatable bonds is 5. The van der Waals surface area contributed by atoms with Crippen LogP contribution in [0.2, 0.25) is 0 Å². The third kappa shape index (κ3) is 4.23. The third-order valence-electron chi connectivity index (χ3n) is 3.04. The van der Waals surface area contributed by atoms with Crippen molar-refractivity contribution in [3.8, 4) is 0 Å². The Labute approximate surface area is 127 Å². The summed E-state index contributed by atoms with van der Waals surface area (Å²) in [6, 6.07) is 11.9. The van der Waals surface area contributed by atoms with Crippen LogP contribution >= 0.6 is 11.8 Å². The molecule has 0 radical (unpaired) electrons. The standard InChI is InChI=1S/C16H16FNO2S/c1-20-16(19)8-11-4-2-3-5-12(11)10-21-15-9-13(17)6-7-14(15)18/h2-7,9H,8,10,18H2,1H3. The fraction of sp³-hybridized carbons (Fsp3) is 0.188. The molecule has 5 heteroatoms. The number of methoxy groups -OCH3 is 1. The fourth-order valence-corrected chi connectivity index (χ4v) is 2.91. The predicted molar refractivity (Wildman–Crippen MR) is 82.5 cm³/mol. The van der Waals surface area contributed by atoms with E-state index in [1.807, 2.05) is 24.3 Å². The number of hydrogen-bond donors (Lipinski definition) is 1. The largest absolute Gasteiger partial charge is 0.469 e. The van der Waals surface area contributed by atoms with Gasteiger partial charge in [-0.15, -0.1) is 11.8 Å². The maximum atomic E-state index is 13.2. The van der Waals surface area contributed by atoms with E-state index in [1.165, 1.54) is 31.0 Å². The van der Waals surface area contributed by atoms with Gasteiger partial charge < -0.3 is 10.5 Å². The number of ether oxygens (including phenoxy) is 1. The van der Waals surface area contributed by atoms with Crippen molar-refractivity contribution in [2.24, 2.45) is 0 Å². The van der Waals surface area contributed by atoms with Gasteiger partial charge in [0.05, 0.1) is 13.5 Å². The molecule has 0 saturated heterocycles. The predicted octanol–water partition coefficient (Wildman–Crippen LogP) is 3.42. The van der Waals surface area contributed by atoms with Crippen LogP contribution < -0.4 is 5.73 Å². The molecule has 0 unspecified atom stereocenters. The van der Waals surface area contributed by atoms with Crippen molar-refractivity contribution in [1.82, 2.24) is 0 Å². The molecule has 21 heavy (non-hydrogen) atoms. The fourth-order valence-electron chi connectivity index (χ4n) is 1.89. The van der Waals surface area contributed by atoms with E-state index < -0.39 is 0 Å². The van der Waals surface area contributed by atoms with Gasteiger partial charge in [-0.3, -0.25) is 4.79 Å². The highest BCUT2D eigenvalue weighted by molar-refractivity contribution is 7.98. The molecule has 0 amide bonds. The molecule has 0 aromatic heterocycles. The van der Waals surface area contributed by atoms with Gasteiger partial charge >= 0.3 is 5.97 Å². The van der Waals surface area contributed by atoms with Crippen LogP contribution in [0.25, 0.3) is 0 Å². The second-order valence-electron chi connectivity index (χ2n) is 4.49. The Hall–Kier alpha value is -2.01. The molecule has 0 aliphatic rings. The number of benzene rings is 2. The first-order valence-corrected chi connectivity index (χ1v) is 7.40. The van der Waals surface area contributed by atoms with E-state index in [-0.39, 0.29) is 18.2 Å². The van der Waals surface area contributed by atoms with Crippen molar-refractivity contribution < 1.29 is 13.9 Å². The second kappa shape index (κ2) is 7.13. The van der Waals surface area contributed by atoms with Crippen LogP contribution in [-0.2, 0) is 21.7 Å². The summed E-state index contributed by atoms with van der Waals surface area (Å²) in [5.74, 6) is 0.0214. The van der Waals surface area contributed by atoms with E-state index in [0.29, 0.717) is 16.3 Å². The molecule has 0 fully saturated rings. The Balaban J connectivity index is 2.13. The van der Waals surface area contributed by atoms with Crippen LogP contribution in [-0.4, -0.2) is 13.1 Å². The Bertz CT molecular complexity index is 646. The molecule has 0 aliphatic heterocycles. The summed E-state index contributed by atoms with van der Waals surface area (Å²) < 4.78 is 17.9. The van der Waals surface area contributed by atoms with Crippen molar-refractivity contribution in [2.45, 2.75) is 17.1 Å². The minimum Gasteiger partial charge on any atom is -0.469 e. The molecule has 0 saturated carbocycles. The first-order chi connectivity index (χ1) is 10.1. The van der Waals surface area contributed by atoms with Gasteiger partial charge in [0.2, 0.25) is 0 Å². The highest BCUT2D eigenvalue weighted by Crippen LogP contribution is 2.29. The number of hydrogen-bond acceptors (Lipinski definition) is 4. The molecule has 0 spiro atoms. The summed E-state index contributed by atoms with van der Waals surface area (Å²) >= 11 is 1.45. The van der Waals surface area contributed by atoms with E-state index >= 15 is 0 Å². The van der Waals surface area contributed by atoms with Crippen molar-refractivity contribution in [1.29, 1.82) is 0 Å². The zero-order chi connectivity index (χ0) is 15.2. The smallest absolute Gasteiger partial charge is 0.309 e. The van der Waals surface area contributed by atoms with Gasteiger partial charge in [-0.1, -0.05) is 24.3 Å². The molecular weight excluding hydrogens is 289 g/mol. The molecule has 0 heterocycles. The summed E-state index contributed by atoms with van der Waals surface area (Å²) in [4.78, 5) is 12.1. The number of nitrogen functional groups attached to an aromatic ring is 1. The molecule has 110 valence electrons. The normalized spacial score (nSPS) is 10.4. The first-order valence-electron chi connectivity index (χ1n) is 6.41. The topological polar surface area (TPSA) is 52.3 Å². The SMILES string of the molecule is COC(=O)Cc1ccccc1CSc1cc(F)ccc1N. The van der Waals surface area contributed by atoms with E-state index in [4.69, 9.17) is 10.5 Å². The van der Waals surface area contributed by atoms with Gasteiger partial charge in [0.1, 0.15) is 5.82 Å². The minimum atomic E-state index is -0.311. The zero-order valence-electron chi connectivity index (χ0n) is 11.6. The van der Waals surface area contributed by atoms with Crippen LogP contribution in [0.15, 0.2) is 47.4 Å². The van der Waals surface area contributed by atoms with Gasteiger partial charge in [-0.25, -0.2) is 4.39 Å².